The summed E-state index contributed by atoms with van der Waals surface area (Å²) in [5.74, 6) is -0.356. The number of hydrogen-bond donors (Lipinski definition) is 1. The van der Waals surface area contributed by atoms with Crippen LogP contribution < -0.4 is 5.73 Å². The molecule has 4 heteroatoms. The van der Waals surface area contributed by atoms with Crippen LogP contribution in [0.15, 0.2) is 43.5 Å². The van der Waals surface area contributed by atoms with Gasteiger partial charge >= 0.3 is 5.97 Å². The normalized spacial score (nSPS) is 21.3. The van der Waals surface area contributed by atoms with Crippen LogP contribution in [0, 0.1) is 0 Å². The molecular weight excluding hydrogens is 242 g/mol. The molecule has 0 amide bonds. The fourth-order valence-corrected chi connectivity index (χ4v) is 1.79. The predicted molar refractivity (Wildman–Crippen MR) is 74.7 cm³/mol. The first-order chi connectivity index (χ1) is 9.21. The molecule has 2 rings (SSSR count). The predicted octanol–water partition coefficient (Wildman–Crippen LogP) is 1.69. The summed E-state index contributed by atoms with van der Waals surface area (Å²) in [7, 11) is 0. The van der Waals surface area contributed by atoms with E-state index in [2.05, 4.69) is 13.2 Å². The molecule has 0 aromatic heterocycles. The highest BCUT2D eigenvalue weighted by Crippen LogP contribution is 2.17. The molecule has 1 unspecified atom stereocenters. The molecule has 1 fully saturated rings. The third kappa shape index (κ3) is 4.50. The number of esters is 1. The number of carbonyl (C=O) groups is 1. The number of hydrogen-bond acceptors (Lipinski definition) is 4. The Balaban J connectivity index is 0.000000861. The van der Waals surface area contributed by atoms with Crippen LogP contribution in [0.4, 0.5) is 0 Å². The van der Waals surface area contributed by atoms with Crippen molar-refractivity contribution in [1.82, 2.24) is 0 Å². The molecule has 1 aliphatic heterocycles. The number of ether oxygens (including phenoxy) is 2. The van der Waals surface area contributed by atoms with Crippen molar-refractivity contribution in [3.8, 4) is 0 Å². The highest BCUT2D eigenvalue weighted by molar-refractivity contribution is 5.81. The van der Waals surface area contributed by atoms with Gasteiger partial charge in [0.15, 0.2) is 0 Å². The zero-order valence-corrected chi connectivity index (χ0v) is 11.1. The lowest BCUT2D eigenvalue weighted by Gasteiger charge is -2.19. The highest BCUT2D eigenvalue weighted by Gasteiger charge is 2.39. The van der Waals surface area contributed by atoms with E-state index < -0.39 is 5.54 Å². The molecule has 0 spiro atoms. The second kappa shape index (κ2) is 7.71. The SMILES string of the molecule is C=C.NC1(C(=O)OCCc2ccccc2)CCOC1. The molecule has 19 heavy (non-hydrogen) atoms. The van der Waals surface area contributed by atoms with Crippen molar-refractivity contribution in [2.75, 3.05) is 19.8 Å². The Kier molecular flexibility index (Phi) is 6.25. The first-order valence-electron chi connectivity index (χ1n) is 6.28. The summed E-state index contributed by atoms with van der Waals surface area (Å²) in [4.78, 5) is 11.7. The molecule has 1 aromatic rings. The van der Waals surface area contributed by atoms with E-state index in [-0.39, 0.29) is 12.6 Å². The van der Waals surface area contributed by atoms with Crippen LogP contribution in [-0.2, 0) is 20.7 Å². The first kappa shape index (κ1) is 15.4. The van der Waals surface area contributed by atoms with Gasteiger partial charge in [-0.1, -0.05) is 30.3 Å². The lowest BCUT2D eigenvalue weighted by molar-refractivity contribution is -0.150. The number of rotatable bonds is 4. The number of carbonyl (C=O) groups excluding carboxylic acids is 1. The zero-order valence-electron chi connectivity index (χ0n) is 11.1. The van der Waals surface area contributed by atoms with Gasteiger partial charge in [0, 0.05) is 19.4 Å². The van der Waals surface area contributed by atoms with Crippen LogP contribution in [0.5, 0.6) is 0 Å². The molecule has 1 aromatic carbocycles. The van der Waals surface area contributed by atoms with Gasteiger partial charge in [-0.15, -0.1) is 13.2 Å². The van der Waals surface area contributed by atoms with Gasteiger partial charge in [0.1, 0.15) is 5.54 Å². The van der Waals surface area contributed by atoms with E-state index in [4.69, 9.17) is 15.2 Å². The molecule has 0 bridgehead atoms. The second-order valence-corrected chi connectivity index (χ2v) is 4.33. The van der Waals surface area contributed by atoms with Gasteiger partial charge in [0.25, 0.3) is 0 Å². The topological polar surface area (TPSA) is 61.6 Å². The van der Waals surface area contributed by atoms with Crippen LogP contribution in [0.1, 0.15) is 12.0 Å². The van der Waals surface area contributed by atoms with Crippen molar-refractivity contribution < 1.29 is 14.3 Å². The van der Waals surface area contributed by atoms with Gasteiger partial charge in [-0.25, -0.2) is 4.79 Å². The maximum absolute atomic E-state index is 11.7. The maximum atomic E-state index is 11.7. The Bertz CT molecular complexity index is 386. The molecule has 1 aliphatic rings. The largest absolute Gasteiger partial charge is 0.464 e. The first-order valence-corrected chi connectivity index (χ1v) is 6.28. The van der Waals surface area contributed by atoms with Crippen molar-refractivity contribution in [3.63, 3.8) is 0 Å². The lowest BCUT2D eigenvalue weighted by atomic mass is 10.0. The van der Waals surface area contributed by atoms with Gasteiger partial charge in [0.05, 0.1) is 13.2 Å². The molecule has 1 saturated heterocycles. The summed E-state index contributed by atoms with van der Waals surface area (Å²) in [6.07, 6.45) is 1.25. The molecule has 104 valence electrons. The highest BCUT2D eigenvalue weighted by atomic mass is 16.5. The smallest absolute Gasteiger partial charge is 0.328 e. The molecular formula is C15H21NO3. The Morgan fingerprint density at radius 2 is 2.05 bits per heavy atom. The van der Waals surface area contributed by atoms with E-state index in [0.29, 0.717) is 26.1 Å². The second-order valence-electron chi connectivity index (χ2n) is 4.33. The minimum atomic E-state index is -0.934. The van der Waals surface area contributed by atoms with E-state index in [0.717, 1.165) is 5.56 Å². The average molecular weight is 263 g/mol. The maximum Gasteiger partial charge on any atom is 0.328 e. The van der Waals surface area contributed by atoms with Gasteiger partial charge in [0.2, 0.25) is 0 Å². The van der Waals surface area contributed by atoms with Crippen LogP contribution in [0.3, 0.4) is 0 Å². The standard InChI is InChI=1S/C13H17NO3.C2H4/c14-13(7-9-16-10-13)12(15)17-8-6-11-4-2-1-3-5-11;1-2/h1-5H,6-10,14H2;1-2H2. The van der Waals surface area contributed by atoms with E-state index >= 15 is 0 Å². The van der Waals surface area contributed by atoms with Crippen molar-refractivity contribution >= 4 is 5.97 Å². The fourth-order valence-electron chi connectivity index (χ4n) is 1.79. The molecule has 1 heterocycles. The van der Waals surface area contributed by atoms with Crippen molar-refractivity contribution in [2.45, 2.75) is 18.4 Å². The van der Waals surface area contributed by atoms with Gasteiger partial charge < -0.3 is 15.2 Å². The van der Waals surface area contributed by atoms with Gasteiger partial charge in [-0.05, 0) is 5.56 Å². The number of nitrogens with two attached hydrogens (primary N) is 1. The Hall–Kier alpha value is -1.65. The zero-order chi connectivity index (χ0) is 14.1. The third-order valence-corrected chi connectivity index (χ3v) is 2.93. The molecule has 4 nitrogen and oxygen atoms in total. The van der Waals surface area contributed by atoms with Crippen LogP contribution >= 0.6 is 0 Å². The summed E-state index contributed by atoms with van der Waals surface area (Å²) in [5, 5.41) is 0. The summed E-state index contributed by atoms with van der Waals surface area (Å²) in [5.41, 5.74) is 6.10. The van der Waals surface area contributed by atoms with Crippen molar-refractivity contribution in [3.05, 3.63) is 49.1 Å². The average Bonchev–Trinajstić information content (AvgIpc) is 2.90. The third-order valence-electron chi connectivity index (χ3n) is 2.93. The summed E-state index contributed by atoms with van der Waals surface area (Å²) >= 11 is 0. The Morgan fingerprint density at radius 1 is 1.37 bits per heavy atom. The van der Waals surface area contributed by atoms with E-state index in [1.807, 2.05) is 30.3 Å². The monoisotopic (exact) mass is 263 g/mol. The van der Waals surface area contributed by atoms with Crippen LogP contribution in [0.2, 0.25) is 0 Å². The quantitative estimate of drug-likeness (QED) is 0.663. The van der Waals surface area contributed by atoms with Gasteiger partial charge in [-0.3, -0.25) is 0 Å². The minimum absolute atomic E-state index is 0.261. The van der Waals surface area contributed by atoms with Crippen LogP contribution in [0.25, 0.3) is 0 Å². The van der Waals surface area contributed by atoms with Gasteiger partial charge in [-0.2, -0.15) is 0 Å². The summed E-state index contributed by atoms with van der Waals surface area (Å²) in [6.45, 7) is 7.16. The van der Waals surface area contributed by atoms with E-state index in [1.54, 1.807) is 0 Å². The molecule has 2 N–H and O–H groups in total. The van der Waals surface area contributed by atoms with E-state index in [1.165, 1.54) is 0 Å². The van der Waals surface area contributed by atoms with E-state index in [9.17, 15) is 4.79 Å². The van der Waals surface area contributed by atoms with Crippen LogP contribution in [-0.4, -0.2) is 31.3 Å². The minimum Gasteiger partial charge on any atom is -0.464 e. The summed E-state index contributed by atoms with van der Waals surface area (Å²) < 4.78 is 10.3. The molecule has 0 radical (unpaired) electrons. The van der Waals surface area contributed by atoms with Crippen molar-refractivity contribution in [1.29, 1.82) is 0 Å². The Morgan fingerprint density at radius 3 is 2.63 bits per heavy atom. The lowest BCUT2D eigenvalue weighted by Crippen LogP contribution is -2.49. The number of benzene rings is 1. The fraction of sp³-hybridized carbons (Fsp3) is 0.400. The molecule has 0 saturated carbocycles. The van der Waals surface area contributed by atoms with Crippen molar-refractivity contribution in [2.24, 2.45) is 5.73 Å². The molecule has 1 atom stereocenters. The molecule has 0 aliphatic carbocycles. The summed E-state index contributed by atoms with van der Waals surface area (Å²) in [6, 6.07) is 9.90. The Labute approximate surface area is 114 Å².